The third-order valence-corrected chi connectivity index (χ3v) is 4.41. The Balaban J connectivity index is 1.71. The van der Waals surface area contributed by atoms with Gasteiger partial charge in [-0.25, -0.2) is 0 Å². The SMILES string of the molecule is O=C(N[C@H]1CCO[C@@H]1O)C(Cc1ccccc1)Cc1ccccc1. The number of carbonyl (C=O) groups is 1. The highest BCUT2D eigenvalue weighted by Crippen LogP contribution is 2.17. The number of hydrogen-bond donors (Lipinski definition) is 2. The molecule has 1 fully saturated rings. The molecule has 2 N–H and O–H groups in total. The molecule has 24 heavy (non-hydrogen) atoms. The van der Waals surface area contributed by atoms with Crippen LogP contribution in [0.3, 0.4) is 0 Å². The van der Waals surface area contributed by atoms with Gasteiger partial charge in [0.25, 0.3) is 0 Å². The second-order valence-electron chi connectivity index (χ2n) is 6.24. The van der Waals surface area contributed by atoms with Gasteiger partial charge < -0.3 is 15.2 Å². The number of rotatable bonds is 6. The molecule has 0 unspecified atom stereocenters. The van der Waals surface area contributed by atoms with Crippen LogP contribution < -0.4 is 5.32 Å². The van der Waals surface area contributed by atoms with E-state index in [-0.39, 0.29) is 17.9 Å². The highest BCUT2D eigenvalue weighted by Gasteiger charge is 2.30. The van der Waals surface area contributed by atoms with Gasteiger partial charge in [-0.05, 0) is 30.4 Å². The fraction of sp³-hybridized carbons (Fsp3) is 0.350. The molecule has 2 atom stereocenters. The van der Waals surface area contributed by atoms with Crippen molar-refractivity contribution in [3.8, 4) is 0 Å². The number of hydrogen-bond acceptors (Lipinski definition) is 3. The molecule has 2 aromatic rings. The molecule has 2 aromatic carbocycles. The largest absolute Gasteiger partial charge is 0.366 e. The topological polar surface area (TPSA) is 58.6 Å². The third-order valence-electron chi connectivity index (χ3n) is 4.41. The highest BCUT2D eigenvalue weighted by atomic mass is 16.6. The predicted octanol–water partition coefficient (Wildman–Crippen LogP) is 2.31. The summed E-state index contributed by atoms with van der Waals surface area (Å²) in [5.74, 6) is -0.208. The molecule has 0 radical (unpaired) electrons. The fourth-order valence-corrected chi connectivity index (χ4v) is 3.07. The van der Waals surface area contributed by atoms with Gasteiger partial charge in [-0.1, -0.05) is 60.7 Å². The molecule has 1 aliphatic heterocycles. The third kappa shape index (κ3) is 4.43. The average Bonchev–Trinajstić information content (AvgIpc) is 3.01. The summed E-state index contributed by atoms with van der Waals surface area (Å²) in [5.41, 5.74) is 2.27. The molecule has 0 spiro atoms. The van der Waals surface area contributed by atoms with Crippen LogP contribution in [0.25, 0.3) is 0 Å². The second-order valence-corrected chi connectivity index (χ2v) is 6.24. The van der Waals surface area contributed by atoms with E-state index < -0.39 is 6.29 Å². The Bertz CT molecular complexity index is 603. The fourth-order valence-electron chi connectivity index (χ4n) is 3.07. The number of carbonyl (C=O) groups excluding carboxylic acids is 1. The molecule has 0 aliphatic carbocycles. The summed E-state index contributed by atoms with van der Waals surface area (Å²) in [5, 5.41) is 12.7. The van der Waals surface area contributed by atoms with Crippen molar-refractivity contribution in [2.24, 2.45) is 5.92 Å². The maximum atomic E-state index is 12.8. The molecule has 4 nitrogen and oxygen atoms in total. The van der Waals surface area contributed by atoms with Crippen LogP contribution in [0.2, 0.25) is 0 Å². The van der Waals surface area contributed by atoms with Crippen molar-refractivity contribution in [2.45, 2.75) is 31.6 Å². The van der Waals surface area contributed by atoms with Crippen molar-refractivity contribution in [1.82, 2.24) is 5.32 Å². The normalized spacial score (nSPS) is 20.2. The zero-order chi connectivity index (χ0) is 16.8. The highest BCUT2D eigenvalue weighted by molar-refractivity contribution is 5.79. The molecule has 0 bridgehead atoms. The molecule has 4 heteroatoms. The van der Waals surface area contributed by atoms with Gasteiger partial charge in [0.1, 0.15) is 0 Å². The quantitative estimate of drug-likeness (QED) is 0.857. The summed E-state index contributed by atoms with van der Waals surface area (Å²) in [6.45, 7) is 0.480. The summed E-state index contributed by atoms with van der Waals surface area (Å²) in [6, 6.07) is 19.7. The van der Waals surface area contributed by atoms with Gasteiger partial charge in [0, 0.05) is 5.92 Å². The summed E-state index contributed by atoms with van der Waals surface area (Å²) in [6.07, 6.45) is 1.09. The molecule has 0 saturated carbocycles. The maximum absolute atomic E-state index is 12.8. The zero-order valence-electron chi connectivity index (χ0n) is 13.6. The molecular weight excluding hydrogens is 302 g/mol. The van der Waals surface area contributed by atoms with Crippen LogP contribution >= 0.6 is 0 Å². The van der Waals surface area contributed by atoms with Crippen LogP contribution in [0.1, 0.15) is 17.5 Å². The van der Waals surface area contributed by atoms with E-state index in [2.05, 4.69) is 5.32 Å². The molecule has 126 valence electrons. The Morgan fingerprint density at radius 1 is 1.04 bits per heavy atom. The summed E-state index contributed by atoms with van der Waals surface area (Å²) in [4.78, 5) is 12.8. The van der Waals surface area contributed by atoms with Crippen molar-refractivity contribution >= 4 is 5.91 Å². The molecular formula is C20H23NO3. The first kappa shape index (κ1) is 16.7. The van der Waals surface area contributed by atoms with Crippen LogP contribution in [-0.2, 0) is 22.4 Å². The van der Waals surface area contributed by atoms with Crippen LogP contribution in [-0.4, -0.2) is 30.0 Å². The van der Waals surface area contributed by atoms with E-state index in [1.807, 2.05) is 60.7 Å². The minimum atomic E-state index is -0.900. The Kier molecular flexibility index (Phi) is 5.62. The number of nitrogens with one attached hydrogen (secondary N) is 1. The van der Waals surface area contributed by atoms with Crippen molar-refractivity contribution < 1.29 is 14.6 Å². The van der Waals surface area contributed by atoms with Crippen LogP contribution in [0.5, 0.6) is 0 Å². The van der Waals surface area contributed by atoms with Crippen LogP contribution in [0.15, 0.2) is 60.7 Å². The Morgan fingerprint density at radius 2 is 1.58 bits per heavy atom. The van der Waals surface area contributed by atoms with Gasteiger partial charge in [0.15, 0.2) is 6.29 Å². The standard InChI is InChI=1S/C20H23NO3/c22-19(21-18-11-12-24-20(18)23)17(13-15-7-3-1-4-8-15)14-16-9-5-2-6-10-16/h1-10,17-18,20,23H,11-14H2,(H,21,22)/t18-,20-/m0/s1. The number of aliphatic hydroxyl groups excluding tert-OH is 1. The Labute approximate surface area is 142 Å². The zero-order valence-corrected chi connectivity index (χ0v) is 13.6. The van der Waals surface area contributed by atoms with Gasteiger partial charge >= 0.3 is 0 Å². The van der Waals surface area contributed by atoms with E-state index in [0.717, 1.165) is 11.1 Å². The molecule has 1 amide bonds. The summed E-state index contributed by atoms with van der Waals surface area (Å²) in [7, 11) is 0. The lowest BCUT2D eigenvalue weighted by atomic mass is 9.91. The lowest BCUT2D eigenvalue weighted by Crippen LogP contribution is -2.44. The van der Waals surface area contributed by atoms with Gasteiger partial charge in [-0.15, -0.1) is 0 Å². The summed E-state index contributed by atoms with van der Waals surface area (Å²) < 4.78 is 5.12. The Morgan fingerprint density at radius 3 is 2.04 bits per heavy atom. The van der Waals surface area contributed by atoms with E-state index >= 15 is 0 Å². The van der Waals surface area contributed by atoms with Crippen molar-refractivity contribution in [1.29, 1.82) is 0 Å². The molecule has 0 aromatic heterocycles. The van der Waals surface area contributed by atoms with Crippen LogP contribution in [0.4, 0.5) is 0 Å². The van der Waals surface area contributed by atoms with E-state index in [1.165, 1.54) is 0 Å². The van der Waals surface area contributed by atoms with E-state index in [4.69, 9.17) is 4.74 Å². The molecule has 1 heterocycles. The van der Waals surface area contributed by atoms with Gasteiger partial charge in [0.2, 0.25) is 5.91 Å². The van der Waals surface area contributed by atoms with Crippen LogP contribution in [0, 0.1) is 5.92 Å². The number of aliphatic hydroxyl groups is 1. The van der Waals surface area contributed by atoms with E-state index in [9.17, 15) is 9.90 Å². The lowest BCUT2D eigenvalue weighted by molar-refractivity contribution is -0.129. The monoisotopic (exact) mass is 325 g/mol. The number of benzene rings is 2. The smallest absolute Gasteiger partial charge is 0.224 e. The van der Waals surface area contributed by atoms with Crippen molar-refractivity contribution in [3.05, 3.63) is 71.8 Å². The van der Waals surface area contributed by atoms with E-state index in [0.29, 0.717) is 25.9 Å². The van der Waals surface area contributed by atoms with Crippen molar-refractivity contribution in [3.63, 3.8) is 0 Å². The summed E-state index contributed by atoms with van der Waals surface area (Å²) >= 11 is 0. The first-order valence-corrected chi connectivity index (χ1v) is 8.40. The van der Waals surface area contributed by atoms with Crippen molar-refractivity contribution in [2.75, 3.05) is 6.61 Å². The van der Waals surface area contributed by atoms with E-state index in [1.54, 1.807) is 0 Å². The molecule has 3 rings (SSSR count). The van der Waals surface area contributed by atoms with Gasteiger partial charge in [-0.3, -0.25) is 4.79 Å². The van der Waals surface area contributed by atoms with Gasteiger partial charge in [-0.2, -0.15) is 0 Å². The minimum absolute atomic E-state index is 0.0303. The lowest BCUT2D eigenvalue weighted by Gasteiger charge is -2.21. The predicted molar refractivity (Wildman–Crippen MR) is 92.3 cm³/mol. The van der Waals surface area contributed by atoms with Gasteiger partial charge in [0.05, 0.1) is 12.6 Å². The second kappa shape index (κ2) is 8.08. The minimum Gasteiger partial charge on any atom is -0.366 e. The first-order chi connectivity index (χ1) is 11.7. The maximum Gasteiger partial charge on any atom is 0.224 e. The number of amides is 1. The first-order valence-electron chi connectivity index (χ1n) is 8.40. The molecule has 1 saturated heterocycles. The average molecular weight is 325 g/mol. The Hall–Kier alpha value is -2.17. The molecule has 1 aliphatic rings. The number of ether oxygens (including phenoxy) is 1.